The van der Waals surface area contributed by atoms with Gasteiger partial charge in [-0.05, 0) is 37.3 Å². The van der Waals surface area contributed by atoms with Crippen LogP contribution in [-0.2, 0) is 19.1 Å². The fourth-order valence-corrected chi connectivity index (χ4v) is 2.40. The molecule has 11 heteroatoms. The first-order valence-electron chi connectivity index (χ1n) is 9.05. The van der Waals surface area contributed by atoms with E-state index in [0.717, 1.165) is 6.07 Å². The third-order valence-corrected chi connectivity index (χ3v) is 3.85. The number of hydrogen-bond donors (Lipinski definition) is 3. The molecule has 0 aliphatic carbocycles. The third-order valence-electron chi connectivity index (χ3n) is 3.85. The van der Waals surface area contributed by atoms with Gasteiger partial charge in [0.05, 0.1) is 4.92 Å². The van der Waals surface area contributed by atoms with Crippen LogP contribution < -0.4 is 16.0 Å². The number of carbonyl (C=O) groups is 4. The molecule has 0 saturated carbocycles. The average Bonchev–Trinajstić information content (AvgIpc) is 2.73. The summed E-state index contributed by atoms with van der Waals surface area (Å²) in [5.74, 6) is -2.37. The number of anilines is 2. The minimum absolute atomic E-state index is 0.00861. The topological polar surface area (TPSA) is 157 Å². The molecule has 162 valence electrons. The Labute approximate surface area is 176 Å². The van der Waals surface area contributed by atoms with Crippen molar-refractivity contribution in [1.29, 1.82) is 0 Å². The van der Waals surface area contributed by atoms with Crippen molar-refractivity contribution in [2.24, 2.45) is 0 Å². The molecule has 2 aromatic rings. The van der Waals surface area contributed by atoms with Gasteiger partial charge in [0.25, 0.3) is 17.5 Å². The number of non-ortho nitro benzene ring substituents is 1. The Morgan fingerprint density at radius 2 is 1.65 bits per heavy atom. The van der Waals surface area contributed by atoms with Crippen LogP contribution in [0.5, 0.6) is 0 Å². The van der Waals surface area contributed by atoms with Crippen molar-refractivity contribution in [3.05, 3.63) is 64.2 Å². The molecular formula is C20H20N4O7. The Morgan fingerprint density at radius 1 is 1.03 bits per heavy atom. The van der Waals surface area contributed by atoms with Crippen molar-refractivity contribution in [1.82, 2.24) is 5.32 Å². The van der Waals surface area contributed by atoms with Gasteiger partial charge < -0.3 is 20.7 Å². The molecule has 0 spiro atoms. The van der Waals surface area contributed by atoms with Gasteiger partial charge in [0.2, 0.25) is 5.91 Å². The molecule has 0 heterocycles. The lowest BCUT2D eigenvalue weighted by Gasteiger charge is -2.13. The highest BCUT2D eigenvalue weighted by molar-refractivity contribution is 5.98. The number of carbonyl (C=O) groups excluding carboxylic acids is 4. The molecule has 3 amide bonds. The lowest BCUT2D eigenvalue weighted by atomic mass is 10.2. The summed E-state index contributed by atoms with van der Waals surface area (Å²) in [7, 11) is 0. The van der Waals surface area contributed by atoms with Gasteiger partial charge in [0.1, 0.15) is 6.04 Å². The minimum atomic E-state index is -1.09. The second-order valence-corrected chi connectivity index (χ2v) is 6.42. The number of esters is 1. The van der Waals surface area contributed by atoms with E-state index in [1.807, 2.05) is 0 Å². The van der Waals surface area contributed by atoms with E-state index in [1.54, 1.807) is 24.3 Å². The molecule has 1 atom stereocenters. The quantitative estimate of drug-likeness (QED) is 0.329. The predicted molar refractivity (Wildman–Crippen MR) is 110 cm³/mol. The Morgan fingerprint density at radius 3 is 2.23 bits per heavy atom. The molecular weight excluding hydrogens is 408 g/mol. The lowest BCUT2D eigenvalue weighted by Crippen LogP contribution is -2.40. The van der Waals surface area contributed by atoms with Crippen LogP contribution in [0.3, 0.4) is 0 Å². The molecule has 0 fully saturated rings. The normalized spacial score (nSPS) is 11.0. The van der Waals surface area contributed by atoms with Gasteiger partial charge in [-0.15, -0.1) is 0 Å². The van der Waals surface area contributed by atoms with Crippen molar-refractivity contribution in [2.75, 3.05) is 17.2 Å². The molecule has 0 unspecified atom stereocenters. The first kappa shape index (κ1) is 23.0. The Bertz CT molecular complexity index is 1000. The largest absolute Gasteiger partial charge is 0.454 e. The average molecular weight is 428 g/mol. The van der Waals surface area contributed by atoms with Crippen LogP contribution in [0.2, 0.25) is 0 Å². The van der Waals surface area contributed by atoms with Crippen LogP contribution in [0.15, 0.2) is 48.5 Å². The molecule has 2 aromatic carbocycles. The summed E-state index contributed by atoms with van der Waals surface area (Å²) in [6.07, 6.45) is 0. The van der Waals surface area contributed by atoms with E-state index in [1.165, 1.54) is 32.0 Å². The summed E-state index contributed by atoms with van der Waals surface area (Å²) in [6.45, 7) is 2.15. The molecule has 0 saturated heterocycles. The standard InChI is InChI=1S/C20H20N4O7/c1-12(21-19(27)14-4-3-5-17(10-14)24(29)30)20(28)31-11-18(26)23-16-8-6-15(7-9-16)22-13(2)25/h3-10,12H,11H2,1-2H3,(H,21,27)(H,22,25)(H,23,26)/t12-/m0/s1. The SMILES string of the molecule is CC(=O)Nc1ccc(NC(=O)COC(=O)[C@H](C)NC(=O)c2cccc([N+](=O)[O-])c2)cc1. The van der Waals surface area contributed by atoms with Crippen molar-refractivity contribution < 1.29 is 28.8 Å². The summed E-state index contributed by atoms with van der Waals surface area (Å²) in [4.78, 5) is 57.3. The number of benzene rings is 2. The van der Waals surface area contributed by atoms with Gasteiger partial charge in [-0.2, -0.15) is 0 Å². The molecule has 0 bridgehead atoms. The predicted octanol–water partition coefficient (Wildman–Crippen LogP) is 1.85. The first-order valence-corrected chi connectivity index (χ1v) is 9.05. The van der Waals surface area contributed by atoms with Crippen molar-refractivity contribution in [3.63, 3.8) is 0 Å². The summed E-state index contributed by atoms with van der Waals surface area (Å²) in [5.41, 5.74) is 0.742. The fourth-order valence-electron chi connectivity index (χ4n) is 2.40. The van der Waals surface area contributed by atoms with E-state index in [-0.39, 0.29) is 17.2 Å². The number of nitro benzene ring substituents is 1. The van der Waals surface area contributed by atoms with Gasteiger partial charge in [-0.3, -0.25) is 24.5 Å². The fraction of sp³-hybridized carbons (Fsp3) is 0.200. The summed E-state index contributed by atoms with van der Waals surface area (Å²) >= 11 is 0. The van der Waals surface area contributed by atoms with Gasteiger partial charge in [-0.1, -0.05) is 6.07 Å². The van der Waals surface area contributed by atoms with Crippen LogP contribution in [0.1, 0.15) is 24.2 Å². The van der Waals surface area contributed by atoms with Gasteiger partial charge in [0, 0.05) is 36.0 Å². The summed E-state index contributed by atoms with van der Waals surface area (Å²) in [6, 6.07) is 10.3. The Hall–Kier alpha value is -4.28. The van der Waals surface area contributed by atoms with Crippen molar-refractivity contribution in [2.45, 2.75) is 19.9 Å². The number of hydrogen-bond acceptors (Lipinski definition) is 7. The second kappa shape index (κ2) is 10.5. The number of nitro groups is 1. The molecule has 0 aromatic heterocycles. The number of ether oxygens (including phenoxy) is 1. The lowest BCUT2D eigenvalue weighted by molar-refractivity contribution is -0.384. The Balaban J connectivity index is 1.82. The van der Waals surface area contributed by atoms with E-state index in [0.29, 0.717) is 11.4 Å². The number of rotatable bonds is 8. The van der Waals surface area contributed by atoms with Crippen molar-refractivity contribution in [3.8, 4) is 0 Å². The zero-order valence-corrected chi connectivity index (χ0v) is 16.7. The molecule has 0 radical (unpaired) electrons. The maximum Gasteiger partial charge on any atom is 0.328 e. The number of amides is 3. The molecule has 0 aliphatic heterocycles. The van der Waals surface area contributed by atoms with Crippen LogP contribution in [0.25, 0.3) is 0 Å². The minimum Gasteiger partial charge on any atom is -0.454 e. The number of nitrogens with zero attached hydrogens (tertiary/aromatic N) is 1. The Kier molecular flexibility index (Phi) is 7.78. The maximum absolute atomic E-state index is 12.2. The highest BCUT2D eigenvalue weighted by atomic mass is 16.6. The van der Waals surface area contributed by atoms with Crippen LogP contribution in [0, 0.1) is 10.1 Å². The van der Waals surface area contributed by atoms with Crippen LogP contribution in [0.4, 0.5) is 17.1 Å². The third kappa shape index (κ3) is 7.24. The summed E-state index contributed by atoms with van der Waals surface area (Å²) < 4.78 is 4.88. The van der Waals surface area contributed by atoms with Crippen LogP contribution >= 0.6 is 0 Å². The van der Waals surface area contributed by atoms with Crippen LogP contribution in [-0.4, -0.2) is 41.3 Å². The molecule has 2 rings (SSSR count). The van der Waals surface area contributed by atoms with E-state index < -0.39 is 35.4 Å². The maximum atomic E-state index is 12.2. The number of nitrogens with one attached hydrogen (secondary N) is 3. The zero-order chi connectivity index (χ0) is 23.0. The smallest absolute Gasteiger partial charge is 0.328 e. The first-order chi connectivity index (χ1) is 14.7. The zero-order valence-electron chi connectivity index (χ0n) is 16.7. The van der Waals surface area contributed by atoms with E-state index >= 15 is 0 Å². The van der Waals surface area contributed by atoms with Gasteiger partial charge in [-0.25, -0.2) is 4.79 Å². The highest BCUT2D eigenvalue weighted by Gasteiger charge is 2.20. The van der Waals surface area contributed by atoms with E-state index in [2.05, 4.69) is 16.0 Å². The second-order valence-electron chi connectivity index (χ2n) is 6.42. The van der Waals surface area contributed by atoms with Crippen molar-refractivity contribution >= 4 is 40.8 Å². The van der Waals surface area contributed by atoms with Gasteiger partial charge >= 0.3 is 5.97 Å². The summed E-state index contributed by atoms with van der Waals surface area (Å²) in [5, 5.41) is 18.3. The molecule has 11 nitrogen and oxygen atoms in total. The van der Waals surface area contributed by atoms with E-state index in [4.69, 9.17) is 4.74 Å². The molecule has 31 heavy (non-hydrogen) atoms. The highest BCUT2D eigenvalue weighted by Crippen LogP contribution is 2.14. The van der Waals surface area contributed by atoms with E-state index in [9.17, 15) is 29.3 Å². The molecule has 0 aliphatic rings. The van der Waals surface area contributed by atoms with Gasteiger partial charge in [0.15, 0.2) is 6.61 Å². The molecule has 3 N–H and O–H groups in total. The monoisotopic (exact) mass is 428 g/mol.